The number of rotatable bonds is 1. The lowest BCUT2D eigenvalue weighted by molar-refractivity contribution is 0.664. The van der Waals surface area contributed by atoms with Crippen molar-refractivity contribution >= 4 is 43.7 Å². The number of furan rings is 1. The molecule has 2 aromatic heterocycles. The molecule has 7 aromatic rings. The molecule has 1 aliphatic rings. The Balaban J connectivity index is 1.62. The van der Waals surface area contributed by atoms with Gasteiger partial charge < -0.3 is 8.98 Å². The Hall–Kier alpha value is -4.30. The summed E-state index contributed by atoms with van der Waals surface area (Å²) in [4.78, 5) is 0. The summed E-state index contributed by atoms with van der Waals surface area (Å²) in [7, 11) is 0. The summed E-state index contributed by atoms with van der Waals surface area (Å²) in [6.07, 6.45) is 0. The van der Waals surface area contributed by atoms with Gasteiger partial charge in [-0.1, -0.05) is 92.7 Å². The fraction of sp³-hybridized carbons (Fsp3) is 0.0909. The molecule has 2 heteroatoms. The van der Waals surface area contributed by atoms with Crippen molar-refractivity contribution in [3.8, 4) is 16.8 Å². The molecular weight excluding hydrogens is 426 g/mol. The fourth-order valence-electron chi connectivity index (χ4n) is 6.50. The van der Waals surface area contributed by atoms with E-state index in [9.17, 15) is 0 Å². The first-order chi connectivity index (χ1) is 17.1. The van der Waals surface area contributed by atoms with Gasteiger partial charge in [0.2, 0.25) is 0 Å². The summed E-state index contributed by atoms with van der Waals surface area (Å²) in [5.74, 6) is 0. The number of hydrogen-bond donors (Lipinski definition) is 0. The van der Waals surface area contributed by atoms with Gasteiger partial charge in [-0.2, -0.15) is 0 Å². The van der Waals surface area contributed by atoms with Crippen molar-refractivity contribution in [2.24, 2.45) is 0 Å². The van der Waals surface area contributed by atoms with Crippen LogP contribution in [0, 0.1) is 0 Å². The molecule has 2 heterocycles. The first-order valence-electron chi connectivity index (χ1n) is 12.2. The first kappa shape index (κ1) is 19.1. The lowest BCUT2D eigenvalue weighted by Gasteiger charge is -2.23. The molecule has 0 bridgehead atoms. The molecule has 166 valence electrons. The van der Waals surface area contributed by atoms with Crippen molar-refractivity contribution in [2.45, 2.75) is 19.3 Å². The van der Waals surface area contributed by atoms with Gasteiger partial charge in [0.15, 0.2) is 0 Å². The Morgan fingerprint density at radius 1 is 0.600 bits per heavy atom. The maximum Gasteiger partial charge on any atom is 0.137 e. The molecule has 0 atom stereocenters. The predicted octanol–water partition coefficient (Wildman–Crippen LogP) is 8.99. The molecule has 0 fully saturated rings. The van der Waals surface area contributed by atoms with Gasteiger partial charge in [-0.3, -0.25) is 0 Å². The van der Waals surface area contributed by atoms with Crippen LogP contribution in [0.3, 0.4) is 0 Å². The maximum atomic E-state index is 6.29. The first-order valence-corrected chi connectivity index (χ1v) is 12.2. The fourth-order valence-corrected chi connectivity index (χ4v) is 6.50. The number of hydrogen-bond acceptors (Lipinski definition) is 1. The summed E-state index contributed by atoms with van der Waals surface area (Å²) in [6, 6.07) is 37.1. The van der Waals surface area contributed by atoms with Crippen LogP contribution in [0.1, 0.15) is 25.0 Å². The Kier molecular flexibility index (Phi) is 3.50. The molecule has 35 heavy (non-hydrogen) atoms. The van der Waals surface area contributed by atoms with Crippen LogP contribution in [-0.2, 0) is 5.41 Å². The Bertz CT molecular complexity index is 1980. The van der Waals surface area contributed by atoms with Gasteiger partial charge in [-0.15, -0.1) is 0 Å². The van der Waals surface area contributed by atoms with Gasteiger partial charge in [-0.25, -0.2) is 0 Å². The van der Waals surface area contributed by atoms with E-state index in [1.54, 1.807) is 0 Å². The monoisotopic (exact) mass is 449 g/mol. The topological polar surface area (TPSA) is 18.1 Å². The summed E-state index contributed by atoms with van der Waals surface area (Å²) in [5.41, 5.74) is 10.9. The highest BCUT2D eigenvalue weighted by Gasteiger charge is 2.38. The zero-order valence-corrected chi connectivity index (χ0v) is 19.7. The van der Waals surface area contributed by atoms with E-state index in [4.69, 9.17) is 4.42 Å². The zero-order valence-electron chi connectivity index (χ0n) is 19.7. The lowest BCUT2D eigenvalue weighted by Crippen LogP contribution is -2.16. The molecule has 0 N–H and O–H groups in total. The van der Waals surface area contributed by atoms with Gasteiger partial charge >= 0.3 is 0 Å². The third-order valence-corrected chi connectivity index (χ3v) is 7.97. The van der Waals surface area contributed by atoms with Crippen LogP contribution in [0.25, 0.3) is 60.6 Å². The highest BCUT2D eigenvalue weighted by Crippen LogP contribution is 2.53. The molecule has 1 aliphatic carbocycles. The summed E-state index contributed by atoms with van der Waals surface area (Å²) >= 11 is 0. The van der Waals surface area contributed by atoms with Crippen LogP contribution >= 0.6 is 0 Å². The number of benzene rings is 5. The predicted molar refractivity (Wildman–Crippen MR) is 146 cm³/mol. The van der Waals surface area contributed by atoms with E-state index in [1.807, 2.05) is 6.07 Å². The van der Waals surface area contributed by atoms with E-state index in [0.717, 1.165) is 21.9 Å². The minimum atomic E-state index is -0.107. The Morgan fingerprint density at radius 2 is 1.34 bits per heavy atom. The van der Waals surface area contributed by atoms with Gasteiger partial charge in [0, 0.05) is 21.6 Å². The average Bonchev–Trinajstić information content (AvgIpc) is 3.50. The van der Waals surface area contributed by atoms with Gasteiger partial charge in [-0.05, 0) is 46.5 Å². The third kappa shape index (κ3) is 2.29. The van der Waals surface area contributed by atoms with Crippen LogP contribution in [0.4, 0.5) is 0 Å². The van der Waals surface area contributed by atoms with Crippen LogP contribution < -0.4 is 0 Å². The van der Waals surface area contributed by atoms with E-state index in [0.29, 0.717) is 0 Å². The molecule has 0 saturated heterocycles. The maximum absolute atomic E-state index is 6.29. The minimum absolute atomic E-state index is 0.107. The molecule has 5 aromatic carbocycles. The number of aromatic nitrogens is 1. The molecule has 0 saturated carbocycles. The highest BCUT2D eigenvalue weighted by molar-refractivity contribution is 6.16. The molecule has 0 aliphatic heterocycles. The summed E-state index contributed by atoms with van der Waals surface area (Å²) in [6.45, 7) is 4.74. The van der Waals surface area contributed by atoms with Crippen LogP contribution in [0.5, 0.6) is 0 Å². The second kappa shape index (κ2) is 6.43. The molecule has 0 amide bonds. The largest absolute Gasteiger partial charge is 0.456 e. The number of nitrogens with zero attached hydrogens (tertiary/aromatic N) is 1. The van der Waals surface area contributed by atoms with E-state index in [2.05, 4.69) is 115 Å². The Morgan fingerprint density at radius 3 is 2.26 bits per heavy atom. The van der Waals surface area contributed by atoms with E-state index < -0.39 is 0 Å². The normalized spacial score (nSPS) is 14.2. The highest BCUT2D eigenvalue weighted by atomic mass is 16.3. The lowest BCUT2D eigenvalue weighted by atomic mass is 9.81. The quantitative estimate of drug-likeness (QED) is 0.244. The molecular formula is C33H23NO. The van der Waals surface area contributed by atoms with Crippen LogP contribution in [0.15, 0.2) is 108 Å². The smallest absolute Gasteiger partial charge is 0.137 e. The van der Waals surface area contributed by atoms with Crippen LogP contribution in [-0.4, -0.2) is 4.57 Å². The molecule has 2 nitrogen and oxygen atoms in total. The molecule has 0 unspecified atom stereocenters. The molecule has 0 radical (unpaired) electrons. The van der Waals surface area contributed by atoms with Crippen LogP contribution in [0.2, 0.25) is 0 Å². The van der Waals surface area contributed by atoms with E-state index in [1.165, 1.54) is 49.7 Å². The van der Waals surface area contributed by atoms with E-state index >= 15 is 0 Å². The van der Waals surface area contributed by atoms with Gasteiger partial charge in [0.1, 0.15) is 11.2 Å². The summed E-state index contributed by atoms with van der Waals surface area (Å²) in [5, 5.41) is 4.89. The van der Waals surface area contributed by atoms with E-state index in [-0.39, 0.29) is 5.41 Å². The third-order valence-electron chi connectivity index (χ3n) is 7.97. The average molecular weight is 450 g/mol. The standard InChI is InChI=1S/C33H23NO/c1-33(2)25-13-6-3-10-20(25)22-18-19-23-21-11-4-7-14-26(21)34(32(23)31(22)33)27-15-9-17-29-30(27)24-12-5-8-16-28(24)35-29/h3-19H,1-2H3. The van der Waals surface area contributed by atoms with Crippen molar-refractivity contribution in [2.75, 3.05) is 0 Å². The summed E-state index contributed by atoms with van der Waals surface area (Å²) < 4.78 is 8.77. The van der Waals surface area contributed by atoms with Crippen molar-refractivity contribution in [1.29, 1.82) is 0 Å². The number of para-hydroxylation sites is 2. The minimum Gasteiger partial charge on any atom is -0.456 e. The van der Waals surface area contributed by atoms with Gasteiger partial charge in [0.05, 0.1) is 22.1 Å². The van der Waals surface area contributed by atoms with Crippen molar-refractivity contribution in [3.05, 3.63) is 114 Å². The molecule has 0 spiro atoms. The Labute approximate surface area is 203 Å². The van der Waals surface area contributed by atoms with Crippen molar-refractivity contribution < 1.29 is 4.42 Å². The second-order valence-electron chi connectivity index (χ2n) is 10.2. The second-order valence-corrected chi connectivity index (χ2v) is 10.2. The zero-order chi connectivity index (χ0) is 23.3. The SMILES string of the molecule is CC1(C)c2ccccc2-c2ccc3c4ccccc4n(-c4cccc5oc6ccccc6c45)c3c21. The van der Waals surface area contributed by atoms with Crippen molar-refractivity contribution in [3.63, 3.8) is 0 Å². The van der Waals surface area contributed by atoms with Crippen molar-refractivity contribution in [1.82, 2.24) is 4.57 Å². The van der Waals surface area contributed by atoms with Gasteiger partial charge in [0.25, 0.3) is 0 Å². The molecule has 8 rings (SSSR count). The number of fused-ring (bicyclic) bond motifs is 10.